The molecule has 2 aromatic rings. The molecule has 0 amide bonds. The molecule has 0 aliphatic rings. The van der Waals surface area contributed by atoms with Crippen LogP contribution < -0.4 is 0 Å². The van der Waals surface area contributed by atoms with Gasteiger partial charge >= 0.3 is 0 Å². The van der Waals surface area contributed by atoms with Gasteiger partial charge in [0.05, 0.1) is 4.90 Å². The highest BCUT2D eigenvalue weighted by Gasteiger charge is 2.11. The first-order chi connectivity index (χ1) is 7.00. The second-order valence-electron chi connectivity index (χ2n) is 3.36. The van der Waals surface area contributed by atoms with Crippen LogP contribution in [0, 0.1) is 3.57 Å². The maximum Gasteiger partial charge on any atom is 0.176 e. The van der Waals surface area contributed by atoms with Crippen LogP contribution in [0.1, 0.15) is 0 Å². The average Bonchev–Trinajstić information content (AvgIpc) is 2.16. The third-order valence-electron chi connectivity index (χ3n) is 2.23. The monoisotopic (exact) mass is 332 g/mol. The lowest BCUT2D eigenvalue weighted by Crippen LogP contribution is -1.98. The molecule has 0 radical (unpaired) electrons. The van der Waals surface area contributed by atoms with Crippen LogP contribution in [0.25, 0.3) is 10.8 Å². The molecule has 0 saturated heterocycles. The second kappa shape index (κ2) is 3.75. The lowest BCUT2D eigenvalue weighted by atomic mass is 10.1. The van der Waals surface area contributed by atoms with Crippen molar-refractivity contribution in [1.82, 2.24) is 0 Å². The average molecular weight is 332 g/mol. The summed E-state index contributed by atoms with van der Waals surface area (Å²) in [5.74, 6) is 0. The summed E-state index contributed by atoms with van der Waals surface area (Å²) < 4.78 is 24.2. The van der Waals surface area contributed by atoms with Crippen LogP contribution >= 0.6 is 22.6 Å². The SMILES string of the molecule is CS(=O)(=O)c1cccc2c(I)cccc12. The quantitative estimate of drug-likeness (QED) is 0.753. The Morgan fingerprint density at radius 1 is 1.00 bits per heavy atom. The van der Waals surface area contributed by atoms with Crippen molar-refractivity contribution in [3.63, 3.8) is 0 Å². The molecule has 2 aromatic carbocycles. The van der Waals surface area contributed by atoms with E-state index in [9.17, 15) is 8.42 Å². The van der Waals surface area contributed by atoms with E-state index in [1.165, 1.54) is 6.26 Å². The Morgan fingerprint density at radius 3 is 2.27 bits per heavy atom. The first-order valence-corrected chi connectivity index (χ1v) is 7.34. The molecule has 0 unspecified atom stereocenters. The zero-order valence-corrected chi connectivity index (χ0v) is 11.0. The fraction of sp³-hybridized carbons (Fsp3) is 0.0909. The predicted octanol–water partition coefficient (Wildman–Crippen LogP) is 2.85. The molecule has 15 heavy (non-hydrogen) atoms. The van der Waals surface area contributed by atoms with Crippen LogP contribution in [-0.2, 0) is 9.84 Å². The van der Waals surface area contributed by atoms with Gasteiger partial charge in [-0.05, 0) is 40.1 Å². The summed E-state index contributed by atoms with van der Waals surface area (Å²) in [5.41, 5.74) is 0. The molecule has 0 spiro atoms. The Labute approximate surface area is 102 Å². The van der Waals surface area contributed by atoms with Crippen molar-refractivity contribution in [2.24, 2.45) is 0 Å². The summed E-state index contributed by atoms with van der Waals surface area (Å²) in [4.78, 5) is 0.401. The minimum absolute atomic E-state index is 0.401. The molecular weight excluding hydrogens is 323 g/mol. The number of rotatable bonds is 1. The van der Waals surface area contributed by atoms with Gasteiger partial charge in [-0.15, -0.1) is 0 Å². The van der Waals surface area contributed by atoms with E-state index in [1.807, 2.05) is 24.3 Å². The second-order valence-corrected chi connectivity index (χ2v) is 6.51. The van der Waals surface area contributed by atoms with E-state index in [4.69, 9.17) is 0 Å². The highest BCUT2D eigenvalue weighted by Crippen LogP contribution is 2.26. The van der Waals surface area contributed by atoms with Crippen molar-refractivity contribution < 1.29 is 8.42 Å². The third kappa shape index (κ3) is 2.01. The summed E-state index contributed by atoms with van der Waals surface area (Å²) in [7, 11) is -3.15. The van der Waals surface area contributed by atoms with E-state index < -0.39 is 9.84 Å². The maximum atomic E-state index is 11.6. The molecule has 0 saturated carbocycles. The lowest BCUT2D eigenvalue weighted by Gasteiger charge is -2.05. The fourth-order valence-electron chi connectivity index (χ4n) is 1.57. The molecule has 0 fully saturated rings. The number of halogens is 1. The van der Waals surface area contributed by atoms with Crippen molar-refractivity contribution in [2.75, 3.05) is 6.26 Å². The van der Waals surface area contributed by atoms with Crippen LogP contribution in [0.5, 0.6) is 0 Å². The summed E-state index contributed by atoms with van der Waals surface area (Å²) in [6.45, 7) is 0. The standard InChI is InChI=1S/C11H9IO2S/c1-15(13,14)11-7-3-4-8-9(11)5-2-6-10(8)12/h2-7H,1H3. The van der Waals surface area contributed by atoms with Gasteiger partial charge in [0.15, 0.2) is 9.84 Å². The van der Waals surface area contributed by atoms with Crippen LogP contribution in [0.4, 0.5) is 0 Å². The van der Waals surface area contributed by atoms with Gasteiger partial charge in [-0.1, -0.05) is 24.3 Å². The normalized spacial score (nSPS) is 11.9. The number of hydrogen-bond acceptors (Lipinski definition) is 2. The molecule has 0 aliphatic carbocycles. The molecule has 0 N–H and O–H groups in total. The molecule has 78 valence electrons. The molecule has 0 aromatic heterocycles. The third-order valence-corrected chi connectivity index (χ3v) is 4.32. The van der Waals surface area contributed by atoms with Crippen molar-refractivity contribution in [1.29, 1.82) is 0 Å². The van der Waals surface area contributed by atoms with Gasteiger partial charge in [-0.2, -0.15) is 0 Å². The molecule has 0 bridgehead atoms. The van der Waals surface area contributed by atoms with E-state index in [-0.39, 0.29) is 0 Å². The van der Waals surface area contributed by atoms with Crippen molar-refractivity contribution in [3.05, 3.63) is 40.0 Å². The molecule has 0 heterocycles. The van der Waals surface area contributed by atoms with Crippen molar-refractivity contribution >= 4 is 43.2 Å². The molecule has 2 nitrogen and oxygen atoms in total. The first kappa shape index (κ1) is 10.9. The van der Waals surface area contributed by atoms with Gasteiger partial charge in [0.1, 0.15) is 0 Å². The van der Waals surface area contributed by atoms with E-state index in [1.54, 1.807) is 12.1 Å². The van der Waals surface area contributed by atoms with E-state index >= 15 is 0 Å². The first-order valence-electron chi connectivity index (χ1n) is 4.37. The van der Waals surface area contributed by atoms with Crippen LogP contribution in [0.15, 0.2) is 41.3 Å². The highest BCUT2D eigenvalue weighted by molar-refractivity contribution is 14.1. The van der Waals surface area contributed by atoms with Crippen molar-refractivity contribution in [2.45, 2.75) is 4.90 Å². The van der Waals surface area contributed by atoms with Gasteiger partial charge in [0.25, 0.3) is 0 Å². The van der Waals surface area contributed by atoms with Crippen LogP contribution in [0.2, 0.25) is 0 Å². The van der Waals surface area contributed by atoms with Gasteiger partial charge in [-0.3, -0.25) is 0 Å². The Bertz CT molecular complexity index is 618. The summed E-state index contributed by atoms with van der Waals surface area (Å²) in [6, 6.07) is 11.0. The van der Waals surface area contributed by atoms with E-state index in [2.05, 4.69) is 22.6 Å². The summed E-state index contributed by atoms with van der Waals surface area (Å²) >= 11 is 2.21. The van der Waals surface area contributed by atoms with E-state index in [0.29, 0.717) is 4.90 Å². The van der Waals surface area contributed by atoms with E-state index in [0.717, 1.165) is 14.3 Å². The summed E-state index contributed by atoms with van der Waals surface area (Å²) in [5, 5.41) is 1.79. The smallest absolute Gasteiger partial charge is 0.176 e. The van der Waals surface area contributed by atoms with Gasteiger partial charge in [0, 0.05) is 15.2 Å². The van der Waals surface area contributed by atoms with Gasteiger partial charge in [-0.25, -0.2) is 8.42 Å². The molecule has 0 aliphatic heterocycles. The zero-order valence-electron chi connectivity index (χ0n) is 8.07. The molecule has 2 rings (SSSR count). The Hall–Kier alpha value is -0.620. The number of sulfone groups is 1. The predicted molar refractivity (Wildman–Crippen MR) is 69.8 cm³/mol. The minimum Gasteiger partial charge on any atom is -0.224 e. The fourth-order valence-corrected chi connectivity index (χ4v) is 3.15. The topological polar surface area (TPSA) is 34.1 Å². The highest BCUT2D eigenvalue weighted by atomic mass is 127. The Balaban J connectivity index is 2.96. The minimum atomic E-state index is -3.15. The zero-order chi connectivity index (χ0) is 11.1. The Kier molecular flexibility index (Phi) is 2.72. The molecule has 0 atom stereocenters. The Morgan fingerprint density at radius 2 is 1.60 bits per heavy atom. The molecule has 4 heteroatoms. The molecular formula is C11H9IO2S. The number of hydrogen-bond donors (Lipinski definition) is 0. The van der Waals surface area contributed by atoms with Crippen molar-refractivity contribution in [3.8, 4) is 0 Å². The maximum absolute atomic E-state index is 11.6. The largest absolute Gasteiger partial charge is 0.224 e. The van der Waals surface area contributed by atoms with Gasteiger partial charge < -0.3 is 0 Å². The van der Waals surface area contributed by atoms with Crippen LogP contribution in [-0.4, -0.2) is 14.7 Å². The van der Waals surface area contributed by atoms with Crippen LogP contribution in [0.3, 0.4) is 0 Å². The summed E-state index contributed by atoms with van der Waals surface area (Å²) in [6.07, 6.45) is 1.24. The lowest BCUT2D eigenvalue weighted by molar-refractivity contribution is 0.602. The van der Waals surface area contributed by atoms with Gasteiger partial charge in [0.2, 0.25) is 0 Å². The number of benzene rings is 2. The number of fused-ring (bicyclic) bond motifs is 1.